The Bertz CT molecular complexity index is 703. The predicted octanol–water partition coefficient (Wildman–Crippen LogP) is 18.7. The average molecular weight is 785 g/mol. The lowest BCUT2D eigenvalue weighted by Crippen LogP contribution is -2.12. The molecule has 0 aromatic carbocycles. The first-order valence-corrected chi connectivity index (χ1v) is 26.5. The molecule has 0 aromatic heterocycles. The second-order valence-corrected chi connectivity index (χ2v) is 19.3. The van der Waals surface area contributed by atoms with E-state index in [2.05, 4.69) is 34.6 Å². The summed E-state index contributed by atoms with van der Waals surface area (Å²) in [6.45, 7) is 12.7. The Morgan fingerprint density at radius 1 is 0.315 bits per heavy atom. The molecule has 0 aliphatic heterocycles. The molecule has 4 nitrogen and oxygen atoms in total. The van der Waals surface area contributed by atoms with Crippen molar-refractivity contribution in [3.63, 3.8) is 0 Å². The molecule has 5 heteroatoms. The minimum Gasteiger partial charge on any atom is -0.287 e. The summed E-state index contributed by atoms with van der Waals surface area (Å²) in [5, 5.41) is 0. The van der Waals surface area contributed by atoms with E-state index in [1.54, 1.807) is 0 Å². The minimum atomic E-state index is -3.55. The summed E-state index contributed by atoms with van der Waals surface area (Å²) in [4.78, 5) is 0. The van der Waals surface area contributed by atoms with Gasteiger partial charge in [0.05, 0.1) is 19.8 Å². The van der Waals surface area contributed by atoms with Crippen LogP contribution in [-0.2, 0) is 18.1 Å². The Morgan fingerprint density at radius 3 is 0.796 bits per heavy atom. The van der Waals surface area contributed by atoms with Crippen molar-refractivity contribution in [2.75, 3.05) is 19.8 Å². The van der Waals surface area contributed by atoms with E-state index in [9.17, 15) is 4.57 Å². The van der Waals surface area contributed by atoms with Crippen LogP contribution in [0.2, 0.25) is 0 Å². The van der Waals surface area contributed by atoms with Gasteiger partial charge in [0, 0.05) is 0 Å². The summed E-state index contributed by atoms with van der Waals surface area (Å²) in [6, 6.07) is 0. The lowest BCUT2D eigenvalue weighted by Gasteiger charge is -2.22. The van der Waals surface area contributed by atoms with Crippen LogP contribution in [-0.4, -0.2) is 19.8 Å². The maximum atomic E-state index is 13.8. The lowest BCUT2D eigenvalue weighted by molar-refractivity contribution is 0.0882. The van der Waals surface area contributed by atoms with Crippen LogP contribution >= 0.6 is 7.82 Å². The van der Waals surface area contributed by atoms with Gasteiger partial charge in [0.25, 0.3) is 0 Å². The number of hydrogen-bond acceptors (Lipinski definition) is 4. The quantitative estimate of drug-likeness (QED) is 0.0455. The van der Waals surface area contributed by atoms with Crippen molar-refractivity contribution in [2.24, 2.45) is 11.8 Å². The Labute approximate surface area is 341 Å². The molecule has 2 atom stereocenters. The largest absolute Gasteiger partial charge is 0.474 e. The Kier molecular flexibility index (Phi) is 44.3. The zero-order valence-corrected chi connectivity index (χ0v) is 38.8. The van der Waals surface area contributed by atoms with Crippen molar-refractivity contribution >= 4 is 7.82 Å². The highest BCUT2D eigenvalue weighted by Gasteiger charge is 2.28. The first kappa shape index (κ1) is 54.1. The number of phosphoric acid groups is 1. The van der Waals surface area contributed by atoms with Crippen LogP contribution in [0, 0.1) is 11.8 Å². The highest BCUT2D eigenvalue weighted by Crippen LogP contribution is 2.50. The second kappa shape index (κ2) is 44.2. The lowest BCUT2D eigenvalue weighted by atomic mass is 10.0. The van der Waals surface area contributed by atoms with E-state index >= 15 is 0 Å². The molecule has 0 fully saturated rings. The van der Waals surface area contributed by atoms with Crippen molar-refractivity contribution in [2.45, 2.75) is 285 Å². The van der Waals surface area contributed by atoms with Crippen molar-refractivity contribution < 1.29 is 18.1 Å². The topological polar surface area (TPSA) is 44.8 Å². The van der Waals surface area contributed by atoms with Crippen molar-refractivity contribution in [3.05, 3.63) is 0 Å². The third-order valence-electron chi connectivity index (χ3n) is 11.6. The molecular formula is C49H101O4P. The molecule has 0 aromatic rings. The zero-order chi connectivity index (χ0) is 39.5. The number of phosphoric ester groups is 1. The monoisotopic (exact) mass is 785 g/mol. The molecule has 0 saturated heterocycles. The van der Waals surface area contributed by atoms with Gasteiger partial charge < -0.3 is 0 Å². The van der Waals surface area contributed by atoms with E-state index < -0.39 is 7.82 Å². The number of hydrogen-bond donors (Lipinski definition) is 0. The van der Waals surface area contributed by atoms with Crippen LogP contribution < -0.4 is 0 Å². The molecular weight excluding hydrogens is 684 g/mol. The predicted molar refractivity (Wildman–Crippen MR) is 241 cm³/mol. The smallest absolute Gasteiger partial charge is 0.287 e. The highest BCUT2D eigenvalue weighted by atomic mass is 31.2. The fourth-order valence-corrected chi connectivity index (χ4v) is 9.13. The molecule has 0 radical (unpaired) electrons. The molecule has 326 valence electrons. The van der Waals surface area contributed by atoms with Crippen LogP contribution in [0.5, 0.6) is 0 Å². The molecule has 2 unspecified atom stereocenters. The van der Waals surface area contributed by atoms with Gasteiger partial charge in [-0.1, -0.05) is 266 Å². The van der Waals surface area contributed by atoms with Crippen LogP contribution in [0.3, 0.4) is 0 Å². The molecule has 0 aliphatic carbocycles. The summed E-state index contributed by atoms with van der Waals surface area (Å²) in [5.74, 6) is 0.729. The van der Waals surface area contributed by atoms with Crippen molar-refractivity contribution in [3.8, 4) is 0 Å². The SMILES string of the molecule is CCCCCCCCCCCCCCCOP(=O)(OCC(C)CCCCCCCCCCCCCC)OCC(C)CCCCCCCCCCCCCC. The van der Waals surface area contributed by atoms with Crippen LogP contribution in [0.4, 0.5) is 0 Å². The molecule has 0 rings (SSSR count). The number of rotatable bonds is 47. The van der Waals surface area contributed by atoms with Crippen LogP contribution in [0.25, 0.3) is 0 Å². The van der Waals surface area contributed by atoms with E-state index in [0.29, 0.717) is 31.7 Å². The normalized spacial score (nSPS) is 14.1. The molecule has 0 aliphatic rings. The summed E-state index contributed by atoms with van der Waals surface area (Å²) in [7, 11) is -3.55. The summed E-state index contributed by atoms with van der Waals surface area (Å²) in [5.41, 5.74) is 0. The van der Waals surface area contributed by atoms with Gasteiger partial charge in [0.1, 0.15) is 0 Å². The van der Waals surface area contributed by atoms with Gasteiger partial charge in [0.2, 0.25) is 0 Å². The molecule has 0 spiro atoms. The summed E-state index contributed by atoms with van der Waals surface area (Å²) in [6.07, 6.45) is 52.2. The fourth-order valence-electron chi connectivity index (χ4n) is 7.68. The maximum absolute atomic E-state index is 13.8. The first-order chi connectivity index (χ1) is 26.5. The van der Waals surface area contributed by atoms with E-state index in [4.69, 9.17) is 13.6 Å². The van der Waals surface area contributed by atoms with E-state index in [0.717, 1.165) is 25.7 Å². The maximum Gasteiger partial charge on any atom is 0.474 e. The van der Waals surface area contributed by atoms with Gasteiger partial charge in [-0.05, 0) is 31.1 Å². The average Bonchev–Trinajstić information content (AvgIpc) is 3.17. The summed E-state index contributed by atoms with van der Waals surface area (Å²) < 4.78 is 31.9. The van der Waals surface area contributed by atoms with Crippen molar-refractivity contribution in [1.29, 1.82) is 0 Å². The standard InChI is InChI=1S/C49H101O4P/c1-6-9-12-15-18-21-24-27-30-33-36-39-42-45-51-54(50,52-46-48(4)43-40-37-34-31-28-25-22-19-16-13-10-7-2)53-47-49(5)44-41-38-35-32-29-26-23-20-17-14-11-8-3/h48-49H,6-47H2,1-5H3. The van der Waals surface area contributed by atoms with Gasteiger partial charge >= 0.3 is 7.82 Å². The molecule has 0 bridgehead atoms. The molecule has 0 amide bonds. The molecule has 0 N–H and O–H groups in total. The van der Waals surface area contributed by atoms with E-state index in [1.165, 1.54) is 225 Å². The van der Waals surface area contributed by atoms with E-state index in [1.807, 2.05) is 0 Å². The zero-order valence-electron chi connectivity index (χ0n) is 37.9. The van der Waals surface area contributed by atoms with Gasteiger partial charge in [-0.3, -0.25) is 13.6 Å². The second-order valence-electron chi connectivity index (χ2n) is 17.7. The first-order valence-electron chi connectivity index (χ1n) is 25.0. The molecule has 0 heterocycles. The molecule has 0 saturated carbocycles. The third-order valence-corrected chi connectivity index (χ3v) is 13.1. The Balaban J connectivity index is 4.32. The van der Waals surface area contributed by atoms with Gasteiger partial charge in [0.15, 0.2) is 0 Å². The third kappa shape index (κ3) is 41.7. The molecule has 54 heavy (non-hydrogen) atoms. The Hall–Kier alpha value is 0.110. The highest BCUT2D eigenvalue weighted by molar-refractivity contribution is 7.48. The van der Waals surface area contributed by atoms with Gasteiger partial charge in [-0.15, -0.1) is 0 Å². The summed E-state index contributed by atoms with van der Waals surface area (Å²) >= 11 is 0. The Morgan fingerprint density at radius 2 is 0.537 bits per heavy atom. The fraction of sp³-hybridized carbons (Fsp3) is 1.00. The van der Waals surface area contributed by atoms with Gasteiger partial charge in [-0.2, -0.15) is 0 Å². The van der Waals surface area contributed by atoms with Crippen LogP contribution in [0.15, 0.2) is 0 Å². The van der Waals surface area contributed by atoms with Crippen LogP contribution in [0.1, 0.15) is 285 Å². The van der Waals surface area contributed by atoms with Gasteiger partial charge in [-0.25, -0.2) is 4.57 Å². The van der Waals surface area contributed by atoms with E-state index in [-0.39, 0.29) is 0 Å². The minimum absolute atomic E-state index is 0.364. The number of unbranched alkanes of at least 4 members (excludes halogenated alkanes) is 34. The van der Waals surface area contributed by atoms with Crippen molar-refractivity contribution in [1.82, 2.24) is 0 Å².